The van der Waals surface area contributed by atoms with Crippen molar-refractivity contribution in [3.05, 3.63) is 35.9 Å². The first-order valence-electron chi connectivity index (χ1n) is 2.45. The average molecular weight is 166 g/mol. The van der Waals surface area contributed by atoms with Gasteiger partial charge in [0.15, 0.2) is 0 Å². The fraction of sp³-hybridized carbons (Fsp3) is 0. The van der Waals surface area contributed by atoms with Crippen molar-refractivity contribution in [2.75, 3.05) is 0 Å². The van der Waals surface area contributed by atoms with Crippen LogP contribution >= 0.6 is 0 Å². The van der Waals surface area contributed by atoms with Gasteiger partial charge in [-0.15, -0.1) is 6.42 Å². The van der Waals surface area contributed by atoms with E-state index in [0.29, 0.717) is 0 Å². The SMILES string of the molecule is C#Cc1ccccc1.[Cu]. The van der Waals surface area contributed by atoms with Gasteiger partial charge in [-0.05, 0) is 12.1 Å². The average Bonchev–Trinajstić information content (AvgIpc) is 1.90. The van der Waals surface area contributed by atoms with Gasteiger partial charge in [0, 0.05) is 22.6 Å². The molecule has 0 N–H and O–H groups in total. The van der Waals surface area contributed by atoms with Gasteiger partial charge in [-0.1, -0.05) is 24.1 Å². The van der Waals surface area contributed by atoms with Gasteiger partial charge in [0.2, 0.25) is 0 Å². The fourth-order valence-electron chi connectivity index (χ4n) is 0.534. The number of benzene rings is 1. The van der Waals surface area contributed by atoms with E-state index in [1.807, 2.05) is 30.3 Å². The molecule has 0 saturated carbocycles. The Morgan fingerprint density at radius 2 is 1.67 bits per heavy atom. The summed E-state index contributed by atoms with van der Waals surface area (Å²) in [6.45, 7) is 0. The van der Waals surface area contributed by atoms with Gasteiger partial charge in [0.05, 0.1) is 0 Å². The van der Waals surface area contributed by atoms with E-state index in [0.717, 1.165) is 5.56 Å². The summed E-state index contributed by atoms with van der Waals surface area (Å²) in [5.41, 5.74) is 0.938. The van der Waals surface area contributed by atoms with E-state index >= 15 is 0 Å². The molecule has 0 aliphatic carbocycles. The Labute approximate surface area is 65.8 Å². The van der Waals surface area contributed by atoms with Crippen LogP contribution in [-0.2, 0) is 17.1 Å². The van der Waals surface area contributed by atoms with Crippen LogP contribution in [0.3, 0.4) is 0 Å². The van der Waals surface area contributed by atoms with Gasteiger partial charge in [-0.25, -0.2) is 0 Å². The summed E-state index contributed by atoms with van der Waals surface area (Å²) in [6.07, 6.45) is 5.10. The second-order valence-electron chi connectivity index (χ2n) is 1.51. The zero-order chi connectivity index (χ0) is 5.82. The van der Waals surface area contributed by atoms with E-state index in [4.69, 9.17) is 6.42 Å². The third-order valence-electron chi connectivity index (χ3n) is 0.940. The molecule has 9 heavy (non-hydrogen) atoms. The first kappa shape index (κ1) is 8.30. The van der Waals surface area contributed by atoms with E-state index in [9.17, 15) is 0 Å². The maximum atomic E-state index is 5.10. The molecule has 0 aromatic heterocycles. The summed E-state index contributed by atoms with van der Waals surface area (Å²) in [4.78, 5) is 0. The Balaban J connectivity index is 0.000000640. The third kappa shape index (κ3) is 2.37. The standard InChI is InChI=1S/C8H6.Cu/c1-2-8-6-4-3-5-7-8;/h1,3-7H;. The second kappa shape index (κ2) is 4.21. The van der Waals surface area contributed by atoms with Gasteiger partial charge in [-0.2, -0.15) is 0 Å². The molecule has 1 aromatic rings. The molecule has 0 nitrogen and oxygen atoms in total. The smallest absolute Gasteiger partial charge is 0.0242 e. The van der Waals surface area contributed by atoms with Crippen LogP contribution in [0, 0.1) is 12.3 Å². The predicted octanol–water partition coefficient (Wildman–Crippen LogP) is 1.67. The van der Waals surface area contributed by atoms with Crippen LogP contribution in [0.15, 0.2) is 30.3 Å². The Hall–Kier alpha value is -0.701. The molecule has 0 aliphatic heterocycles. The molecule has 0 atom stereocenters. The van der Waals surface area contributed by atoms with Crippen LogP contribution in [0.25, 0.3) is 0 Å². The van der Waals surface area contributed by atoms with Crippen molar-refractivity contribution in [3.63, 3.8) is 0 Å². The van der Waals surface area contributed by atoms with E-state index < -0.39 is 0 Å². The van der Waals surface area contributed by atoms with Crippen molar-refractivity contribution in [1.29, 1.82) is 0 Å². The largest absolute Gasteiger partial charge is 0.115 e. The molecule has 1 heteroatoms. The summed E-state index contributed by atoms with van der Waals surface area (Å²) in [5.74, 6) is 2.53. The van der Waals surface area contributed by atoms with Crippen molar-refractivity contribution < 1.29 is 17.1 Å². The maximum absolute atomic E-state index is 5.10. The number of hydrogen-bond donors (Lipinski definition) is 0. The van der Waals surface area contributed by atoms with Gasteiger partial charge in [-0.3, -0.25) is 0 Å². The Bertz CT molecular complexity index is 196. The molecule has 0 aliphatic rings. The third-order valence-corrected chi connectivity index (χ3v) is 0.940. The minimum atomic E-state index is 0. The van der Waals surface area contributed by atoms with Crippen LogP contribution in [0.1, 0.15) is 5.56 Å². The van der Waals surface area contributed by atoms with E-state index in [1.54, 1.807) is 0 Å². The minimum absolute atomic E-state index is 0. The zero-order valence-electron chi connectivity index (χ0n) is 4.77. The summed E-state index contributed by atoms with van der Waals surface area (Å²) in [5, 5.41) is 0. The van der Waals surface area contributed by atoms with Gasteiger partial charge in [0.1, 0.15) is 0 Å². The normalized spacial score (nSPS) is 7.00. The quantitative estimate of drug-likeness (QED) is 0.405. The first-order chi connectivity index (χ1) is 3.93. The van der Waals surface area contributed by atoms with Crippen molar-refractivity contribution >= 4 is 0 Å². The van der Waals surface area contributed by atoms with E-state index in [-0.39, 0.29) is 17.1 Å². The predicted molar refractivity (Wildman–Crippen MR) is 34.4 cm³/mol. The number of terminal acetylenes is 1. The zero-order valence-corrected chi connectivity index (χ0v) is 5.71. The Morgan fingerprint density at radius 3 is 2.00 bits per heavy atom. The number of rotatable bonds is 0. The van der Waals surface area contributed by atoms with Crippen molar-refractivity contribution in [2.45, 2.75) is 0 Å². The minimum Gasteiger partial charge on any atom is -0.115 e. The molecule has 0 unspecified atom stereocenters. The molecule has 1 aromatic carbocycles. The first-order valence-corrected chi connectivity index (χ1v) is 2.45. The van der Waals surface area contributed by atoms with Gasteiger partial charge < -0.3 is 0 Å². The van der Waals surface area contributed by atoms with E-state index in [2.05, 4.69) is 5.92 Å². The molecule has 0 heterocycles. The monoisotopic (exact) mass is 165 g/mol. The molecule has 1 radical (unpaired) electrons. The molecule has 0 saturated heterocycles. The summed E-state index contributed by atoms with van der Waals surface area (Å²) in [6, 6.07) is 9.60. The molecule has 1 rings (SSSR count). The summed E-state index contributed by atoms with van der Waals surface area (Å²) >= 11 is 0. The molecule has 0 bridgehead atoms. The van der Waals surface area contributed by atoms with Gasteiger partial charge >= 0.3 is 0 Å². The van der Waals surface area contributed by atoms with Crippen molar-refractivity contribution in [3.8, 4) is 12.3 Å². The summed E-state index contributed by atoms with van der Waals surface area (Å²) in [7, 11) is 0. The van der Waals surface area contributed by atoms with Crippen LogP contribution in [0.2, 0.25) is 0 Å². The van der Waals surface area contributed by atoms with Crippen LogP contribution < -0.4 is 0 Å². The molecule has 0 spiro atoms. The van der Waals surface area contributed by atoms with E-state index in [1.165, 1.54) is 0 Å². The molecule has 0 fully saturated rings. The van der Waals surface area contributed by atoms with Crippen LogP contribution in [0.5, 0.6) is 0 Å². The van der Waals surface area contributed by atoms with Crippen LogP contribution in [-0.4, -0.2) is 0 Å². The molecular weight excluding hydrogens is 160 g/mol. The maximum Gasteiger partial charge on any atom is 0.0242 e. The van der Waals surface area contributed by atoms with Crippen LogP contribution in [0.4, 0.5) is 0 Å². The van der Waals surface area contributed by atoms with Gasteiger partial charge in [0.25, 0.3) is 0 Å². The second-order valence-corrected chi connectivity index (χ2v) is 1.51. The molecule has 49 valence electrons. The molecular formula is C8H6Cu. The van der Waals surface area contributed by atoms with Crippen molar-refractivity contribution in [1.82, 2.24) is 0 Å². The Morgan fingerprint density at radius 1 is 1.11 bits per heavy atom. The summed E-state index contributed by atoms with van der Waals surface area (Å²) < 4.78 is 0. The molecule has 0 amide bonds. The Kier molecular flexibility index (Phi) is 3.88. The topological polar surface area (TPSA) is 0 Å². The fourth-order valence-corrected chi connectivity index (χ4v) is 0.534. The van der Waals surface area contributed by atoms with Crippen molar-refractivity contribution in [2.24, 2.45) is 0 Å². The number of hydrogen-bond acceptors (Lipinski definition) is 0.